The Labute approximate surface area is 172 Å². The van der Waals surface area contributed by atoms with Gasteiger partial charge in [-0.25, -0.2) is 9.48 Å². The van der Waals surface area contributed by atoms with Gasteiger partial charge in [0, 0.05) is 11.0 Å². The number of nitrogens with one attached hydrogen (secondary N) is 1. The molecule has 1 saturated heterocycles. The first-order valence-electron chi connectivity index (χ1n) is 9.24. The van der Waals surface area contributed by atoms with Gasteiger partial charge in [-0.05, 0) is 43.0 Å². The summed E-state index contributed by atoms with van der Waals surface area (Å²) >= 11 is 3.42. The van der Waals surface area contributed by atoms with Crippen molar-refractivity contribution in [3.63, 3.8) is 0 Å². The number of ether oxygens (including phenoxy) is 1. The molecule has 0 bridgehead atoms. The van der Waals surface area contributed by atoms with Gasteiger partial charge in [-0.15, -0.1) is 5.10 Å². The molecule has 1 fully saturated rings. The van der Waals surface area contributed by atoms with Gasteiger partial charge < -0.3 is 15.0 Å². The zero-order valence-electron chi connectivity index (χ0n) is 16.1. The molecule has 1 aromatic heterocycles. The first-order valence-corrected chi connectivity index (χ1v) is 10.0. The summed E-state index contributed by atoms with van der Waals surface area (Å²) in [6.45, 7) is 4.42. The highest BCUT2D eigenvalue weighted by molar-refractivity contribution is 9.10. The largest absolute Gasteiger partial charge is 0.453 e. The van der Waals surface area contributed by atoms with E-state index < -0.39 is 12.1 Å². The molecule has 150 valence electrons. The summed E-state index contributed by atoms with van der Waals surface area (Å²) in [5.41, 5.74) is 1.64. The predicted molar refractivity (Wildman–Crippen MR) is 107 cm³/mol. The van der Waals surface area contributed by atoms with E-state index in [2.05, 4.69) is 36.3 Å². The van der Waals surface area contributed by atoms with Crippen LogP contribution in [0.1, 0.15) is 38.4 Å². The zero-order valence-corrected chi connectivity index (χ0v) is 17.7. The van der Waals surface area contributed by atoms with Gasteiger partial charge in [-0.1, -0.05) is 35.0 Å². The molecule has 28 heavy (non-hydrogen) atoms. The first-order chi connectivity index (χ1) is 13.4. The van der Waals surface area contributed by atoms with Gasteiger partial charge in [-0.3, -0.25) is 4.79 Å². The molecule has 0 radical (unpaired) electrons. The Hall–Kier alpha value is -2.42. The van der Waals surface area contributed by atoms with Gasteiger partial charge in [0.25, 0.3) is 0 Å². The Kier molecular flexibility index (Phi) is 6.33. The Morgan fingerprint density at radius 3 is 2.64 bits per heavy atom. The van der Waals surface area contributed by atoms with Crippen molar-refractivity contribution in [2.45, 2.75) is 38.8 Å². The second-order valence-electron chi connectivity index (χ2n) is 7.11. The van der Waals surface area contributed by atoms with Crippen molar-refractivity contribution in [2.75, 3.05) is 13.7 Å². The summed E-state index contributed by atoms with van der Waals surface area (Å²) in [6.07, 6.45) is 2.94. The van der Waals surface area contributed by atoms with Crippen molar-refractivity contribution in [3.05, 3.63) is 40.6 Å². The number of methoxy groups -OCH3 is 1. The number of benzene rings is 1. The molecule has 9 heteroatoms. The second-order valence-corrected chi connectivity index (χ2v) is 8.03. The molecule has 2 heterocycles. The van der Waals surface area contributed by atoms with Crippen LogP contribution in [0, 0.1) is 5.92 Å². The Balaban J connectivity index is 1.79. The lowest BCUT2D eigenvalue weighted by Crippen LogP contribution is -2.51. The van der Waals surface area contributed by atoms with Crippen molar-refractivity contribution in [1.82, 2.24) is 25.2 Å². The van der Waals surface area contributed by atoms with E-state index >= 15 is 0 Å². The van der Waals surface area contributed by atoms with E-state index in [1.165, 1.54) is 7.11 Å². The molecule has 1 aliphatic rings. The van der Waals surface area contributed by atoms with Gasteiger partial charge in [0.15, 0.2) is 0 Å². The van der Waals surface area contributed by atoms with Crippen LogP contribution in [-0.2, 0) is 9.53 Å². The van der Waals surface area contributed by atoms with E-state index in [4.69, 9.17) is 0 Å². The van der Waals surface area contributed by atoms with Crippen molar-refractivity contribution in [3.8, 4) is 5.69 Å². The van der Waals surface area contributed by atoms with Gasteiger partial charge in [0.1, 0.15) is 11.7 Å². The maximum Gasteiger partial charge on any atom is 0.407 e. The topological polar surface area (TPSA) is 89.4 Å². The second kappa shape index (κ2) is 8.72. The average molecular weight is 450 g/mol. The molecular weight excluding hydrogens is 426 g/mol. The van der Waals surface area contributed by atoms with Crippen LogP contribution in [0.4, 0.5) is 4.79 Å². The number of hydrogen-bond donors (Lipinski definition) is 1. The van der Waals surface area contributed by atoms with Gasteiger partial charge in [0.05, 0.1) is 25.0 Å². The molecule has 0 saturated carbocycles. The fourth-order valence-corrected chi connectivity index (χ4v) is 3.63. The molecule has 0 unspecified atom stereocenters. The summed E-state index contributed by atoms with van der Waals surface area (Å²) in [7, 11) is 1.29. The zero-order chi connectivity index (χ0) is 20.3. The smallest absolute Gasteiger partial charge is 0.407 e. The molecule has 0 aliphatic carbocycles. The van der Waals surface area contributed by atoms with Crippen molar-refractivity contribution in [1.29, 1.82) is 0 Å². The number of aromatic nitrogens is 3. The van der Waals surface area contributed by atoms with E-state index in [0.717, 1.165) is 28.7 Å². The number of likely N-dealkylation sites (tertiary alicyclic amines) is 1. The number of carbonyl (C=O) groups excluding carboxylic acids is 2. The van der Waals surface area contributed by atoms with E-state index in [1.807, 2.05) is 44.3 Å². The van der Waals surface area contributed by atoms with Crippen LogP contribution < -0.4 is 5.32 Å². The Morgan fingerprint density at radius 2 is 2.00 bits per heavy atom. The lowest BCUT2D eigenvalue weighted by molar-refractivity contribution is -0.135. The number of hydrogen-bond acceptors (Lipinski definition) is 5. The van der Waals surface area contributed by atoms with Crippen LogP contribution in [0.5, 0.6) is 0 Å². The normalized spacial score (nSPS) is 17.6. The van der Waals surface area contributed by atoms with Gasteiger partial charge in [0.2, 0.25) is 5.91 Å². The molecule has 3 rings (SSSR count). The van der Waals surface area contributed by atoms with Crippen molar-refractivity contribution >= 4 is 27.9 Å². The van der Waals surface area contributed by atoms with E-state index in [0.29, 0.717) is 6.54 Å². The summed E-state index contributed by atoms with van der Waals surface area (Å²) in [5, 5.41) is 11.2. The average Bonchev–Trinajstić information content (AvgIpc) is 3.34. The predicted octanol–water partition coefficient (Wildman–Crippen LogP) is 3.07. The minimum Gasteiger partial charge on any atom is -0.453 e. The Bertz CT molecular complexity index is 836. The number of rotatable bonds is 5. The van der Waals surface area contributed by atoms with Crippen LogP contribution >= 0.6 is 15.9 Å². The van der Waals surface area contributed by atoms with Gasteiger partial charge >= 0.3 is 6.09 Å². The van der Waals surface area contributed by atoms with Crippen molar-refractivity contribution in [2.24, 2.45) is 5.92 Å². The standard InChI is InChI=1S/C19H24BrN5O3/c1-12(2)17(21-19(27)28-3)18(26)24-10-4-5-16(24)15-11-25(23-22-15)14-8-6-13(20)7-9-14/h6-9,11-12,16-17H,4-5,10H2,1-3H3,(H,21,27)/t16-,17-/m0/s1. The minimum atomic E-state index is -0.644. The summed E-state index contributed by atoms with van der Waals surface area (Å²) < 4.78 is 7.36. The molecule has 8 nitrogen and oxygen atoms in total. The Morgan fingerprint density at radius 1 is 1.29 bits per heavy atom. The van der Waals surface area contributed by atoms with Crippen LogP contribution in [-0.4, -0.2) is 51.6 Å². The van der Waals surface area contributed by atoms with Crippen molar-refractivity contribution < 1.29 is 14.3 Å². The summed E-state index contributed by atoms with van der Waals surface area (Å²) in [5.74, 6) is -0.188. The number of carbonyl (C=O) groups is 2. The van der Waals surface area contributed by atoms with Gasteiger partial charge in [-0.2, -0.15) is 0 Å². The first kappa shape index (κ1) is 20.3. The highest BCUT2D eigenvalue weighted by Gasteiger charge is 2.37. The maximum atomic E-state index is 13.1. The van der Waals surface area contributed by atoms with E-state index in [9.17, 15) is 9.59 Å². The molecule has 1 aromatic carbocycles. The number of halogens is 1. The highest BCUT2D eigenvalue weighted by Crippen LogP contribution is 2.32. The number of nitrogens with zero attached hydrogens (tertiary/aromatic N) is 4. The van der Waals surface area contributed by atoms with E-state index in [1.54, 1.807) is 9.58 Å². The lowest BCUT2D eigenvalue weighted by Gasteiger charge is -2.29. The molecular formula is C19H24BrN5O3. The number of alkyl carbamates (subject to hydrolysis) is 1. The molecule has 2 amide bonds. The quantitative estimate of drug-likeness (QED) is 0.757. The molecule has 0 spiro atoms. The summed E-state index contributed by atoms with van der Waals surface area (Å²) in [6, 6.07) is 6.96. The monoisotopic (exact) mass is 449 g/mol. The maximum absolute atomic E-state index is 13.1. The highest BCUT2D eigenvalue weighted by atomic mass is 79.9. The molecule has 2 atom stereocenters. The SMILES string of the molecule is COC(=O)N[C@H](C(=O)N1CCC[C@H]1c1cn(-c2ccc(Br)cc2)nn1)C(C)C. The summed E-state index contributed by atoms with van der Waals surface area (Å²) in [4.78, 5) is 26.6. The number of amides is 2. The van der Waals surface area contributed by atoms with Crippen LogP contribution in [0.25, 0.3) is 5.69 Å². The fraction of sp³-hybridized carbons (Fsp3) is 0.474. The fourth-order valence-electron chi connectivity index (χ4n) is 3.37. The van der Waals surface area contributed by atoms with Crippen LogP contribution in [0.15, 0.2) is 34.9 Å². The molecule has 1 aliphatic heterocycles. The third-order valence-electron chi connectivity index (χ3n) is 4.87. The molecule has 2 aromatic rings. The molecule has 1 N–H and O–H groups in total. The van der Waals surface area contributed by atoms with Crippen LogP contribution in [0.3, 0.4) is 0 Å². The minimum absolute atomic E-state index is 0.0636. The van der Waals surface area contributed by atoms with Crippen LogP contribution in [0.2, 0.25) is 0 Å². The lowest BCUT2D eigenvalue weighted by atomic mass is 10.0. The van der Waals surface area contributed by atoms with E-state index in [-0.39, 0.29) is 17.9 Å². The third kappa shape index (κ3) is 4.35. The third-order valence-corrected chi connectivity index (χ3v) is 5.40.